The molecule has 0 bridgehead atoms. The fourth-order valence-corrected chi connectivity index (χ4v) is 3.24. The lowest BCUT2D eigenvalue weighted by Gasteiger charge is -2.24. The van der Waals surface area contributed by atoms with Gasteiger partial charge in [0.15, 0.2) is 0 Å². The van der Waals surface area contributed by atoms with Gasteiger partial charge >= 0.3 is 0 Å². The molecule has 3 aromatic rings. The molecule has 1 amide bonds. The smallest absolute Gasteiger partial charge is 0.258 e. The van der Waals surface area contributed by atoms with Crippen LogP contribution in [0.1, 0.15) is 42.6 Å². The summed E-state index contributed by atoms with van der Waals surface area (Å²) in [5, 5.41) is 4.47. The summed E-state index contributed by atoms with van der Waals surface area (Å²) in [6, 6.07) is 7.15. The van der Waals surface area contributed by atoms with Crippen LogP contribution < -0.4 is 5.56 Å². The number of hydrogen-bond acceptors (Lipinski definition) is 5. The Morgan fingerprint density at radius 2 is 2.04 bits per heavy atom. The number of carbonyl (C=O) groups is 1. The maximum Gasteiger partial charge on any atom is 0.258 e. The molecule has 1 N–H and O–H groups in total. The Morgan fingerprint density at radius 3 is 2.69 bits per heavy atom. The second kappa shape index (κ2) is 7.11. The van der Waals surface area contributed by atoms with Gasteiger partial charge in [-0.3, -0.25) is 9.59 Å². The summed E-state index contributed by atoms with van der Waals surface area (Å²) in [4.78, 5) is 34.1. The van der Waals surface area contributed by atoms with E-state index in [4.69, 9.17) is 4.52 Å². The van der Waals surface area contributed by atoms with E-state index in [-0.39, 0.29) is 23.9 Å². The Morgan fingerprint density at radius 1 is 1.31 bits per heavy atom. The van der Waals surface area contributed by atoms with E-state index in [2.05, 4.69) is 15.1 Å². The number of aromatic nitrogens is 3. The average Bonchev–Trinajstić information content (AvgIpc) is 2.97. The Bertz CT molecular complexity index is 986. The molecule has 0 aliphatic rings. The molecule has 2 aromatic heterocycles. The first kappa shape index (κ1) is 17.8. The highest BCUT2D eigenvalue weighted by molar-refractivity contribution is 5.84. The van der Waals surface area contributed by atoms with Crippen molar-refractivity contribution >= 4 is 16.8 Å². The molecule has 0 radical (unpaired) electrons. The number of hydrogen-bond donors (Lipinski definition) is 1. The van der Waals surface area contributed by atoms with Gasteiger partial charge in [-0.2, -0.15) is 0 Å². The molecule has 7 nitrogen and oxygen atoms in total. The van der Waals surface area contributed by atoms with Gasteiger partial charge in [0.05, 0.1) is 29.1 Å². The molecule has 0 aliphatic heterocycles. The van der Waals surface area contributed by atoms with Crippen molar-refractivity contribution < 1.29 is 9.32 Å². The third-order valence-corrected chi connectivity index (χ3v) is 4.59. The van der Waals surface area contributed by atoms with Crippen LogP contribution in [-0.4, -0.2) is 32.5 Å². The van der Waals surface area contributed by atoms with Gasteiger partial charge in [0, 0.05) is 12.1 Å². The van der Waals surface area contributed by atoms with E-state index < -0.39 is 0 Å². The highest BCUT2D eigenvalue weighted by Gasteiger charge is 2.27. The maximum atomic E-state index is 13.0. The van der Waals surface area contributed by atoms with Gasteiger partial charge in [-0.05, 0) is 39.8 Å². The minimum Gasteiger partial charge on any atom is -0.361 e. The zero-order valence-corrected chi connectivity index (χ0v) is 15.4. The molecule has 3 rings (SSSR count). The molecular weight excluding hydrogens is 332 g/mol. The van der Waals surface area contributed by atoms with Gasteiger partial charge in [0.2, 0.25) is 5.91 Å². The van der Waals surface area contributed by atoms with Crippen LogP contribution in [0.15, 0.2) is 33.6 Å². The summed E-state index contributed by atoms with van der Waals surface area (Å²) in [5.74, 6) is 0.678. The number of aromatic amines is 1. The summed E-state index contributed by atoms with van der Waals surface area (Å²) in [6.07, 6.45) is 0. The average molecular weight is 354 g/mol. The molecule has 0 spiro atoms. The van der Waals surface area contributed by atoms with Gasteiger partial charge in [-0.15, -0.1) is 0 Å². The first-order chi connectivity index (χ1) is 12.4. The van der Waals surface area contributed by atoms with Crippen molar-refractivity contribution in [2.24, 2.45) is 0 Å². The number of carbonyl (C=O) groups excluding carboxylic acids is 1. The molecular formula is C19H22N4O3. The minimum absolute atomic E-state index is 0.0577. The van der Waals surface area contributed by atoms with Crippen LogP contribution in [0, 0.1) is 13.8 Å². The molecule has 26 heavy (non-hydrogen) atoms. The fraction of sp³-hybridized carbons (Fsp3) is 0.368. The molecule has 1 aromatic carbocycles. The number of likely N-dealkylation sites (N-methyl/N-ethyl adjacent to an activating group) is 1. The second-order valence-electron chi connectivity index (χ2n) is 6.34. The number of nitrogens with one attached hydrogen (secondary N) is 1. The fourth-order valence-electron chi connectivity index (χ4n) is 3.24. The number of benzene rings is 1. The predicted octanol–water partition coefficient (Wildman–Crippen LogP) is 2.68. The standard InChI is InChI=1S/C19H22N4O3/c1-5-23(19(25)11(2)17-12(3)22-26-13(17)4)10-16-20-15-9-7-6-8-14(15)18(24)21-16/h6-9,11H,5,10H2,1-4H3,(H,20,21,24)/t11-/m0/s1. The van der Waals surface area contributed by atoms with Crippen molar-refractivity contribution in [1.29, 1.82) is 0 Å². The van der Waals surface area contributed by atoms with Crippen molar-refractivity contribution in [2.75, 3.05) is 6.54 Å². The van der Waals surface area contributed by atoms with Crippen molar-refractivity contribution in [3.63, 3.8) is 0 Å². The van der Waals surface area contributed by atoms with E-state index in [1.807, 2.05) is 26.8 Å². The van der Waals surface area contributed by atoms with Gasteiger partial charge in [-0.25, -0.2) is 4.98 Å². The normalized spacial score (nSPS) is 12.3. The van der Waals surface area contributed by atoms with Gasteiger partial charge in [0.1, 0.15) is 11.6 Å². The first-order valence-electron chi connectivity index (χ1n) is 8.61. The molecule has 0 saturated heterocycles. The molecule has 0 aliphatic carbocycles. The van der Waals surface area contributed by atoms with E-state index in [1.54, 1.807) is 30.0 Å². The molecule has 0 saturated carbocycles. The van der Waals surface area contributed by atoms with Crippen molar-refractivity contribution in [1.82, 2.24) is 20.0 Å². The number of H-pyrrole nitrogens is 1. The van der Waals surface area contributed by atoms with Crippen LogP contribution >= 0.6 is 0 Å². The molecule has 136 valence electrons. The molecule has 0 unspecified atom stereocenters. The third-order valence-electron chi connectivity index (χ3n) is 4.59. The Kier molecular flexibility index (Phi) is 4.88. The number of amides is 1. The van der Waals surface area contributed by atoms with Crippen LogP contribution in [0.25, 0.3) is 10.9 Å². The first-order valence-corrected chi connectivity index (χ1v) is 8.61. The quantitative estimate of drug-likeness (QED) is 0.760. The van der Waals surface area contributed by atoms with Crippen molar-refractivity contribution in [2.45, 2.75) is 40.2 Å². The lowest BCUT2D eigenvalue weighted by molar-refractivity contribution is -0.133. The van der Waals surface area contributed by atoms with Crippen LogP contribution in [0.5, 0.6) is 0 Å². The van der Waals surface area contributed by atoms with E-state index in [1.165, 1.54) is 0 Å². The second-order valence-corrected chi connectivity index (χ2v) is 6.34. The highest BCUT2D eigenvalue weighted by atomic mass is 16.5. The van der Waals surface area contributed by atoms with Gasteiger partial charge < -0.3 is 14.4 Å². The zero-order valence-electron chi connectivity index (χ0n) is 15.4. The lowest BCUT2D eigenvalue weighted by Crippen LogP contribution is -2.35. The topological polar surface area (TPSA) is 92.1 Å². The van der Waals surface area contributed by atoms with Crippen molar-refractivity contribution in [3.05, 3.63) is 57.5 Å². The van der Waals surface area contributed by atoms with Crippen LogP contribution in [0.4, 0.5) is 0 Å². The highest BCUT2D eigenvalue weighted by Crippen LogP contribution is 2.25. The number of aryl methyl sites for hydroxylation is 2. The summed E-state index contributed by atoms with van der Waals surface area (Å²) in [6.45, 7) is 8.11. The molecule has 7 heteroatoms. The number of fused-ring (bicyclic) bond motifs is 1. The largest absolute Gasteiger partial charge is 0.361 e. The van der Waals surface area contributed by atoms with E-state index in [9.17, 15) is 9.59 Å². The maximum absolute atomic E-state index is 13.0. The van der Waals surface area contributed by atoms with E-state index in [0.717, 1.165) is 11.3 Å². The Labute approximate surface area is 151 Å². The van der Waals surface area contributed by atoms with Crippen LogP contribution in [-0.2, 0) is 11.3 Å². The molecule has 2 heterocycles. The summed E-state index contributed by atoms with van der Waals surface area (Å²) in [5.41, 5.74) is 1.95. The van der Waals surface area contributed by atoms with Gasteiger partial charge in [-0.1, -0.05) is 17.3 Å². The van der Waals surface area contributed by atoms with Crippen molar-refractivity contribution in [3.8, 4) is 0 Å². The van der Waals surface area contributed by atoms with Crippen LogP contribution in [0.2, 0.25) is 0 Å². The molecule has 0 fully saturated rings. The molecule has 1 atom stereocenters. The monoisotopic (exact) mass is 354 g/mol. The predicted molar refractivity (Wildman–Crippen MR) is 97.8 cm³/mol. The summed E-state index contributed by atoms with van der Waals surface area (Å²) in [7, 11) is 0. The number of para-hydroxylation sites is 1. The van der Waals surface area contributed by atoms with E-state index in [0.29, 0.717) is 29.0 Å². The minimum atomic E-state index is -0.381. The SMILES string of the molecule is CCN(Cc1nc2ccccc2c(=O)[nH]1)C(=O)[C@@H](C)c1c(C)noc1C. The van der Waals surface area contributed by atoms with Crippen LogP contribution in [0.3, 0.4) is 0 Å². The Balaban J connectivity index is 1.88. The number of rotatable bonds is 5. The van der Waals surface area contributed by atoms with Gasteiger partial charge in [0.25, 0.3) is 5.56 Å². The summed E-state index contributed by atoms with van der Waals surface area (Å²) < 4.78 is 5.18. The lowest BCUT2D eigenvalue weighted by atomic mass is 9.98. The summed E-state index contributed by atoms with van der Waals surface area (Å²) >= 11 is 0. The number of nitrogens with zero attached hydrogens (tertiary/aromatic N) is 3. The zero-order chi connectivity index (χ0) is 18.8. The third kappa shape index (κ3) is 3.24. The van der Waals surface area contributed by atoms with E-state index >= 15 is 0 Å². The Hall–Kier alpha value is -2.96.